The van der Waals surface area contributed by atoms with E-state index in [-0.39, 0.29) is 28.6 Å². The number of thiazole rings is 1. The first kappa shape index (κ1) is 24.8. The van der Waals surface area contributed by atoms with Gasteiger partial charge in [0.05, 0.1) is 12.1 Å². The van der Waals surface area contributed by atoms with Crippen LogP contribution in [0, 0.1) is 12.8 Å². The van der Waals surface area contributed by atoms with E-state index in [2.05, 4.69) is 25.8 Å². The second kappa shape index (κ2) is 9.57. The maximum atomic E-state index is 13.1. The molecular weight excluding hydrogens is 442 g/mol. The number of ether oxygens (including phenoxy) is 1. The highest BCUT2D eigenvalue weighted by atomic mass is 32.2. The van der Waals surface area contributed by atoms with Gasteiger partial charge in [-0.2, -0.15) is 0 Å². The van der Waals surface area contributed by atoms with Crippen LogP contribution in [0.25, 0.3) is 0 Å². The lowest BCUT2D eigenvalue weighted by molar-refractivity contribution is -0.164. The molecule has 0 bridgehead atoms. The van der Waals surface area contributed by atoms with Gasteiger partial charge in [0.2, 0.25) is 0 Å². The number of aryl methyl sites for hydroxylation is 2. The summed E-state index contributed by atoms with van der Waals surface area (Å²) in [6.07, 6.45) is 3.53. The summed E-state index contributed by atoms with van der Waals surface area (Å²) in [5, 5.41) is 20.7. The molecule has 7 heteroatoms. The smallest absolute Gasteiger partial charge is 0.349 e. The largest absolute Gasteiger partial charge is 0.511 e. The number of benzene rings is 1. The second-order valence-corrected chi connectivity index (χ2v) is 11.8. The van der Waals surface area contributed by atoms with Crippen molar-refractivity contribution in [3.63, 3.8) is 0 Å². The van der Waals surface area contributed by atoms with Gasteiger partial charge < -0.3 is 14.9 Å². The number of carbonyl (C=O) groups is 1. The van der Waals surface area contributed by atoms with Crippen LogP contribution in [0.1, 0.15) is 69.0 Å². The molecule has 1 aromatic heterocycles. The molecule has 0 spiro atoms. The lowest BCUT2D eigenvalue weighted by Gasteiger charge is -2.40. The van der Waals surface area contributed by atoms with Gasteiger partial charge in [0.15, 0.2) is 0 Å². The number of cyclic esters (lactones) is 1. The average molecular weight is 476 g/mol. The molecule has 1 atom stereocenters. The maximum Gasteiger partial charge on any atom is 0.349 e. The number of rotatable bonds is 7. The molecule has 2 aromatic rings. The highest BCUT2D eigenvalue weighted by Gasteiger charge is 2.44. The van der Waals surface area contributed by atoms with Crippen LogP contribution in [0.5, 0.6) is 0 Å². The molecule has 2 heterocycles. The Hall–Kier alpha value is -1.83. The van der Waals surface area contributed by atoms with E-state index in [0.29, 0.717) is 12.8 Å². The molecule has 174 valence electrons. The summed E-state index contributed by atoms with van der Waals surface area (Å²) in [4.78, 5) is 19.6. The fourth-order valence-corrected chi connectivity index (χ4v) is 5.82. The van der Waals surface area contributed by atoms with E-state index in [0.717, 1.165) is 32.9 Å². The zero-order valence-corrected chi connectivity index (χ0v) is 21.3. The zero-order valence-electron chi connectivity index (χ0n) is 19.7. The predicted octanol–water partition coefficient (Wildman–Crippen LogP) is 6.08. The summed E-state index contributed by atoms with van der Waals surface area (Å²) in [6.45, 7) is 12.3. The Kier molecular flexibility index (Phi) is 7.42. The van der Waals surface area contributed by atoms with Gasteiger partial charge in [0.25, 0.3) is 0 Å². The van der Waals surface area contributed by atoms with E-state index in [9.17, 15) is 15.0 Å². The van der Waals surface area contributed by atoms with Gasteiger partial charge in [0.1, 0.15) is 16.3 Å². The molecule has 1 aliphatic rings. The van der Waals surface area contributed by atoms with Crippen molar-refractivity contribution in [3.05, 3.63) is 56.1 Å². The highest BCUT2D eigenvalue weighted by Crippen LogP contribution is 2.45. The highest BCUT2D eigenvalue weighted by molar-refractivity contribution is 8.04. The van der Waals surface area contributed by atoms with Crippen molar-refractivity contribution >= 4 is 29.1 Å². The lowest BCUT2D eigenvalue weighted by atomic mass is 9.81. The van der Waals surface area contributed by atoms with E-state index < -0.39 is 11.6 Å². The number of hydrogen-bond donors (Lipinski definition) is 2. The van der Waals surface area contributed by atoms with Gasteiger partial charge >= 0.3 is 5.97 Å². The first-order chi connectivity index (χ1) is 15.0. The molecule has 0 fully saturated rings. The summed E-state index contributed by atoms with van der Waals surface area (Å²) in [5.74, 6) is -0.321. The number of aromatic nitrogens is 1. The van der Waals surface area contributed by atoms with Crippen molar-refractivity contribution in [3.8, 4) is 0 Å². The fraction of sp³-hybridized carbons (Fsp3) is 0.520. The van der Waals surface area contributed by atoms with E-state index in [1.54, 1.807) is 16.8 Å². The fourth-order valence-electron chi connectivity index (χ4n) is 3.98. The van der Waals surface area contributed by atoms with Crippen LogP contribution >= 0.6 is 23.1 Å². The first-order valence-corrected chi connectivity index (χ1v) is 12.6. The Bertz CT molecular complexity index is 1010. The van der Waals surface area contributed by atoms with Crippen molar-refractivity contribution in [1.82, 2.24) is 4.98 Å². The second-order valence-electron chi connectivity index (χ2n) is 9.81. The summed E-state index contributed by atoms with van der Waals surface area (Å²) in [5.41, 5.74) is 3.71. The zero-order chi connectivity index (χ0) is 23.7. The van der Waals surface area contributed by atoms with Crippen molar-refractivity contribution in [2.75, 3.05) is 0 Å². The molecule has 32 heavy (non-hydrogen) atoms. The summed E-state index contributed by atoms with van der Waals surface area (Å²) >= 11 is 2.85. The van der Waals surface area contributed by atoms with Gasteiger partial charge in [-0.1, -0.05) is 52.4 Å². The summed E-state index contributed by atoms with van der Waals surface area (Å²) in [7, 11) is 0. The number of carbonyl (C=O) groups excluding carboxylic acids is 1. The Morgan fingerprint density at radius 3 is 2.56 bits per heavy atom. The maximum absolute atomic E-state index is 13.1. The SMILES string of the molecule is Cc1cc(SC2=C(O)CC(CCc3cncs3)(C(C)C)OC2=O)c(C(C)(C)C)cc1CO. The molecule has 1 unspecified atom stereocenters. The monoisotopic (exact) mass is 475 g/mol. The molecule has 0 saturated heterocycles. The van der Waals surface area contributed by atoms with Gasteiger partial charge in [-0.3, -0.25) is 4.98 Å². The van der Waals surface area contributed by atoms with Crippen LogP contribution in [-0.4, -0.2) is 26.8 Å². The van der Waals surface area contributed by atoms with Crippen LogP contribution < -0.4 is 0 Å². The Morgan fingerprint density at radius 2 is 2.03 bits per heavy atom. The number of esters is 1. The molecule has 5 nitrogen and oxygen atoms in total. The van der Waals surface area contributed by atoms with Crippen LogP contribution in [-0.2, 0) is 28.0 Å². The topological polar surface area (TPSA) is 79.7 Å². The molecule has 0 radical (unpaired) electrons. The number of hydrogen-bond acceptors (Lipinski definition) is 7. The summed E-state index contributed by atoms with van der Waals surface area (Å²) in [6, 6.07) is 3.98. The van der Waals surface area contributed by atoms with E-state index in [1.165, 1.54) is 11.8 Å². The third-order valence-corrected chi connectivity index (χ3v) is 8.17. The Labute approximate surface area is 198 Å². The minimum Gasteiger partial charge on any atom is -0.511 e. The molecule has 0 saturated carbocycles. The van der Waals surface area contributed by atoms with E-state index in [1.807, 2.05) is 39.1 Å². The number of thioether (sulfide) groups is 1. The third kappa shape index (κ3) is 5.21. The standard InChI is InChI=1S/C25H33NO4S2/c1-15(2)25(8-7-18-12-26-14-31-18)11-20(28)22(23(29)30-25)32-21-9-16(3)17(13-27)10-19(21)24(4,5)6/h9-10,12,14-15,27-28H,7-8,11,13H2,1-6H3. The normalized spacial score (nSPS) is 19.6. The molecular formula is C25H33NO4S2. The molecule has 1 aliphatic heterocycles. The molecule has 2 N–H and O–H groups in total. The molecule has 0 amide bonds. The Morgan fingerprint density at radius 1 is 1.31 bits per heavy atom. The number of aliphatic hydroxyl groups excluding tert-OH is 2. The van der Waals surface area contributed by atoms with Gasteiger partial charge in [-0.25, -0.2) is 4.79 Å². The van der Waals surface area contributed by atoms with E-state index in [4.69, 9.17) is 4.74 Å². The van der Waals surface area contributed by atoms with Crippen molar-refractivity contribution < 1.29 is 19.7 Å². The van der Waals surface area contributed by atoms with Crippen molar-refractivity contribution in [1.29, 1.82) is 0 Å². The Balaban J connectivity index is 1.93. The minimum atomic E-state index is -0.737. The third-order valence-electron chi connectivity index (χ3n) is 6.17. The quantitative estimate of drug-likeness (QED) is 0.473. The molecule has 1 aromatic carbocycles. The van der Waals surface area contributed by atoms with Gasteiger partial charge in [0, 0.05) is 22.4 Å². The minimum absolute atomic E-state index is 0.0352. The average Bonchev–Trinajstić information content (AvgIpc) is 3.22. The van der Waals surface area contributed by atoms with Gasteiger partial charge in [-0.05, 0) is 53.9 Å². The number of aliphatic hydroxyl groups is 2. The van der Waals surface area contributed by atoms with Crippen LogP contribution in [0.2, 0.25) is 0 Å². The van der Waals surface area contributed by atoms with Crippen LogP contribution in [0.3, 0.4) is 0 Å². The first-order valence-electron chi connectivity index (χ1n) is 10.9. The summed E-state index contributed by atoms with van der Waals surface area (Å²) < 4.78 is 6.06. The van der Waals surface area contributed by atoms with Gasteiger partial charge in [-0.15, -0.1) is 11.3 Å². The van der Waals surface area contributed by atoms with Crippen molar-refractivity contribution in [2.45, 2.75) is 83.3 Å². The number of nitrogens with zero attached hydrogens (tertiary/aromatic N) is 1. The lowest BCUT2D eigenvalue weighted by Crippen LogP contribution is -2.44. The van der Waals surface area contributed by atoms with Crippen LogP contribution in [0.15, 0.2) is 39.4 Å². The van der Waals surface area contributed by atoms with Crippen LogP contribution in [0.4, 0.5) is 0 Å². The van der Waals surface area contributed by atoms with E-state index >= 15 is 0 Å². The van der Waals surface area contributed by atoms with Crippen molar-refractivity contribution in [2.24, 2.45) is 5.92 Å². The molecule has 3 rings (SSSR count). The molecule has 0 aliphatic carbocycles. The predicted molar refractivity (Wildman–Crippen MR) is 130 cm³/mol.